The molecule has 0 saturated carbocycles. The minimum absolute atomic E-state index is 0.171. The van der Waals surface area contributed by atoms with Crippen molar-refractivity contribution in [3.63, 3.8) is 0 Å². The Morgan fingerprint density at radius 1 is 1.07 bits per heavy atom. The van der Waals surface area contributed by atoms with Gasteiger partial charge in [0.25, 0.3) is 0 Å². The lowest BCUT2D eigenvalue weighted by atomic mass is 9.62. The molecule has 2 aliphatic rings. The van der Waals surface area contributed by atoms with Gasteiger partial charge in [-0.2, -0.15) is 0 Å². The molecule has 0 radical (unpaired) electrons. The second-order valence-corrected chi connectivity index (χ2v) is 9.91. The first-order valence-corrected chi connectivity index (χ1v) is 10.3. The van der Waals surface area contributed by atoms with Crippen molar-refractivity contribution in [3.05, 3.63) is 52.1 Å². The number of ether oxygens (including phenoxy) is 1. The van der Waals surface area contributed by atoms with Gasteiger partial charge in [0.05, 0.1) is 0 Å². The number of rotatable bonds is 4. The van der Waals surface area contributed by atoms with E-state index < -0.39 is 11.6 Å². The van der Waals surface area contributed by atoms with Crippen LogP contribution in [-0.2, 0) is 20.4 Å². The van der Waals surface area contributed by atoms with Crippen molar-refractivity contribution in [1.29, 1.82) is 0 Å². The molecule has 0 aromatic heterocycles. The Morgan fingerprint density at radius 3 is 2.18 bits per heavy atom. The highest BCUT2D eigenvalue weighted by Gasteiger charge is 2.39. The monoisotopic (exact) mass is 382 g/mol. The number of carboxylic acid groups (broad SMARTS) is 1. The van der Waals surface area contributed by atoms with Crippen LogP contribution in [0.1, 0.15) is 82.6 Å². The van der Waals surface area contributed by atoms with Crippen molar-refractivity contribution < 1.29 is 14.6 Å². The molecule has 0 spiro atoms. The van der Waals surface area contributed by atoms with Crippen LogP contribution in [0, 0.1) is 6.92 Å². The number of allylic oxidation sites excluding steroid dienone is 1. The number of fused-ring (bicyclic) bond motifs is 1. The van der Waals surface area contributed by atoms with Gasteiger partial charge in [-0.15, -0.1) is 0 Å². The molecule has 0 heterocycles. The number of aliphatic carboxylic acids is 1. The number of benzene rings is 1. The first kappa shape index (κ1) is 20.9. The van der Waals surface area contributed by atoms with Gasteiger partial charge in [0.1, 0.15) is 5.60 Å². The molecule has 1 N–H and O–H groups in total. The molecule has 0 bridgehead atoms. The molecule has 1 aromatic carbocycles. The second kappa shape index (κ2) is 6.88. The largest absolute Gasteiger partial charge is 0.478 e. The van der Waals surface area contributed by atoms with E-state index in [9.17, 15) is 4.79 Å². The van der Waals surface area contributed by atoms with Gasteiger partial charge in [-0.05, 0) is 89.8 Å². The van der Waals surface area contributed by atoms with Crippen LogP contribution in [0.2, 0.25) is 0 Å². The highest BCUT2D eigenvalue weighted by atomic mass is 16.5. The van der Waals surface area contributed by atoms with E-state index in [0.717, 1.165) is 18.4 Å². The fourth-order valence-electron chi connectivity index (χ4n) is 4.97. The molecule has 28 heavy (non-hydrogen) atoms. The van der Waals surface area contributed by atoms with Crippen LogP contribution in [0.5, 0.6) is 0 Å². The third kappa shape index (κ3) is 3.45. The van der Waals surface area contributed by atoms with Gasteiger partial charge >= 0.3 is 5.97 Å². The molecule has 1 atom stereocenters. The molecule has 2 aliphatic carbocycles. The van der Waals surface area contributed by atoms with Gasteiger partial charge in [0.2, 0.25) is 0 Å². The summed E-state index contributed by atoms with van der Waals surface area (Å²) in [6.45, 7) is 13.4. The fourth-order valence-corrected chi connectivity index (χ4v) is 4.97. The molecule has 3 nitrogen and oxygen atoms in total. The molecule has 3 rings (SSSR count). The van der Waals surface area contributed by atoms with Crippen LogP contribution in [0.4, 0.5) is 0 Å². The van der Waals surface area contributed by atoms with Crippen molar-refractivity contribution in [2.75, 3.05) is 7.11 Å². The molecule has 1 unspecified atom stereocenters. The third-order valence-electron chi connectivity index (χ3n) is 7.09. The average Bonchev–Trinajstić information content (AvgIpc) is 3.04. The molecule has 3 heteroatoms. The lowest BCUT2D eigenvalue weighted by Gasteiger charge is -2.42. The summed E-state index contributed by atoms with van der Waals surface area (Å²) in [5.74, 6) is -0.926. The number of aryl methyl sites for hydroxylation is 1. The summed E-state index contributed by atoms with van der Waals surface area (Å²) >= 11 is 0. The molecule has 152 valence electrons. The van der Waals surface area contributed by atoms with Gasteiger partial charge in [0, 0.05) is 13.2 Å². The number of hydrogen-bond acceptors (Lipinski definition) is 2. The van der Waals surface area contributed by atoms with Crippen LogP contribution in [0.25, 0.3) is 5.57 Å². The van der Waals surface area contributed by atoms with Crippen LogP contribution in [-0.4, -0.2) is 23.8 Å². The Morgan fingerprint density at radius 2 is 1.64 bits per heavy atom. The van der Waals surface area contributed by atoms with E-state index in [1.165, 1.54) is 46.7 Å². The number of carbonyl (C=O) groups is 1. The first-order valence-electron chi connectivity index (χ1n) is 10.3. The maximum absolute atomic E-state index is 11.2. The van der Waals surface area contributed by atoms with Gasteiger partial charge in [0.15, 0.2) is 0 Å². The highest BCUT2D eigenvalue weighted by Crippen LogP contribution is 2.49. The molecule has 1 aromatic rings. The lowest BCUT2D eigenvalue weighted by molar-refractivity contribution is -0.131. The summed E-state index contributed by atoms with van der Waals surface area (Å²) in [6, 6.07) is 4.79. The van der Waals surface area contributed by atoms with Crippen molar-refractivity contribution in [1.82, 2.24) is 0 Å². The van der Waals surface area contributed by atoms with Crippen molar-refractivity contribution in [2.24, 2.45) is 0 Å². The Kier molecular flexibility index (Phi) is 5.12. The highest BCUT2D eigenvalue weighted by molar-refractivity contribution is 5.82. The topological polar surface area (TPSA) is 46.5 Å². The smallest absolute Gasteiger partial charge is 0.328 e. The summed E-state index contributed by atoms with van der Waals surface area (Å²) in [6.07, 6.45) is 7.49. The number of carboxylic acids is 1. The van der Waals surface area contributed by atoms with E-state index in [1.54, 1.807) is 7.11 Å². The number of methoxy groups -OCH3 is 1. The standard InChI is InChI=1S/C25H34O3/c1-16-12-20-21(24(5,6)11-10-23(20,3)4)14-19(16)18-8-9-25(15-18,28-7)17(2)13-22(26)27/h12-15H,8-11H2,1-7H3,(H,26,27)/b17-13-. The Bertz CT molecular complexity index is 870. The number of hydrogen-bond donors (Lipinski definition) is 1. The van der Waals surface area contributed by atoms with Gasteiger partial charge in [-0.1, -0.05) is 39.8 Å². The molecule has 0 amide bonds. The third-order valence-corrected chi connectivity index (χ3v) is 7.09. The van der Waals surface area contributed by atoms with E-state index in [2.05, 4.69) is 52.8 Å². The summed E-state index contributed by atoms with van der Waals surface area (Å²) in [5.41, 5.74) is 7.27. The van der Waals surface area contributed by atoms with Crippen LogP contribution in [0.15, 0.2) is 29.9 Å². The minimum atomic E-state index is -0.926. The minimum Gasteiger partial charge on any atom is -0.478 e. The first-order chi connectivity index (χ1) is 12.9. The maximum atomic E-state index is 11.2. The van der Waals surface area contributed by atoms with E-state index in [4.69, 9.17) is 9.84 Å². The lowest BCUT2D eigenvalue weighted by Crippen LogP contribution is -2.34. The van der Waals surface area contributed by atoms with Crippen molar-refractivity contribution >= 4 is 11.5 Å². The van der Waals surface area contributed by atoms with Gasteiger partial charge in [-0.3, -0.25) is 0 Å². The van der Waals surface area contributed by atoms with Crippen molar-refractivity contribution in [2.45, 2.75) is 83.7 Å². The normalized spacial score (nSPS) is 26.0. The van der Waals surface area contributed by atoms with Crippen LogP contribution < -0.4 is 0 Å². The molecular weight excluding hydrogens is 348 g/mol. The van der Waals surface area contributed by atoms with E-state index in [0.29, 0.717) is 0 Å². The molecule has 0 fully saturated rings. The van der Waals surface area contributed by atoms with Crippen molar-refractivity contribution in [3.8, 4) is 0 Å². The zero-order valence-corrected chi connectivity index (χ0v) is 18.4. The zero-order chi connectivity index (χ0) is 20.9. The molecule has 0 aliphatic heterocycles. The fraction of sp³-hybridized carbons (Fsp3) is 0.560. The van der Waals surface area contributed by atoms with E-state index >= 15 is 0 Å². The predicted molar refractivity (Wildman–Crippen MR) is 115 cm³/mol. The maximum Gasteiger partial charge on any atom is 0.328 e. The van der Waals surface area contributed by atoms with Crippen LogP contribution in [0.3, 0.4) is 0 Å². The quantitative estimate of drug-likeness (QED) is 0.656. The summed E-state index contributed by atoms with van der Waals surface area (Å²) in [7, 11) is 1.67. The summed E-state index contributed by atoms with van der Waals surface area (Å²) in [5, 5.41) is 9.17. The summed E-state index contributed by atoms with van der Waals surface area (Å²) in [4.78, 5) is 11.2. The van der Waals surface area contributed by atoms with E-state index in [-0.39, 0.29) is 10.8 Å². The Labute approximate surface area is 169 Å². The zero-order valence-electron chi connectivity index (χ0n) is 18.4. The average molecular weight is 383 g/mol. The van der Waals surface area contributed by atoms with Gasteiger partial charge in [-0.25, -0.2) is 4.79 Å². The molecular formula is C25H34O3. The SMILES string of the molecule is COC1(/C(C)=C\C(=O)O)C=C(c2cc3c(cc2C)C(C)(C)CCC3(C)C)CC1. The Balaban J connectivity index is 2.12. The van der Waals surface area contributed by atoms with Crippen LogP contribution >= 0.6 is 0 Å². The second-order valence-electron chi connectivity index (χ2n) is 9.91. The predicted octanol–water partition coefficient (Wildman–Crippen LogP) is 5.94. The van der Waals surface area contributed by atoms with Gasteiger partial charge < -0.3 is 9.84 Å². The summed E-state index contributed by atoms with van der Waals surface area (Å²) < 4.78 is 5.83. The Hall–Kier alpha value is -1.87. The van der Waals surface area contributed by atoms with E-state index in [1.807, 2.05) is 6.92 Å². The molecule has 0 saturated heterocycles.